The van der Waals surface area contributed by atoms with Crippen LogP contribution in [0.15, 0.2) is 42.5 Å². The molecule has 0 aliphatic rings. The van der Waals surface area contributed by atoms with Crippen molar-refractivity contribution in [3.8, 4) is 5.75 Å². The van der Waals surface area contributed by atoms with Crippen LogP contribution in [0.1, 0.15) is 24.0 Å². The summed E-state index contributed by atoms with van der Waals surface area (Å²) in [6, 6.07) is 12.6. The summed E-state index contributed by atoms with van der Waals surface area (Å²) in [6.07, 6.45) is -0.139. The molecule has 2 amide bonds. The largest absolute Gasteiger partial charge is 0.495 e. The SMILES string of the molecule is COc1ccccc1NC(=O)COC(=O)CCC(=O)Nc1c(C)cccc1C. The van der Waals surface area contributed by atoms with Gasteiger partial charge in [0.15, 0.2) is 6.61 Å². The van der Waals surface area contributed by atoms with Gasteiger partial charge >= 0.3 is 5.97 Å². The number of carbonyl (C=O) groups is 3. The van der Waals surface area contributed by atoms with Gasteiger partial charge in [-0.05, 0) is 37.1 Å². The van der Waals surface area contributed by atoms with Gasteiger partial charge in [-0.25, -0.2) is 0 Å². The average molecular weight is 384 g/mol. The zero-order chi connectivity index (χ0) is 20.5. The number of rotatable bonds is 8. The molecular weight excluding hydrogens is 360 g/mol. The van der Waals surface area contributed by atoms with Gasteiger partial charge in [0.2, 0.25) is 5.91 Å². The van der Waals surface area contributed by atoms with Crippen molar-refractivity contribution in [2.24, 2.45) is 0 Å². The summed E-state index contributed by atoms with van der Waals surface area (Å²) >= 11 is 0. The molecule has 0 saturated carbocycles. The lowest BCUT2D eigenvalue weighted by Gasteiger charge is -2.11. The predicted octanol–water partition coefficient (Wildman–Crippen LogP) is 3.21. The van der Waals surface area contributed by atoms with Crippen molar-refractivity contribution in [2.75, 3.05) is 24.4 Å². The lowest BCUT2D eigenvalue weighted by Crippen LogP contribution is -2.22. The Balaban J connectivity index is 1.75. The molecule has 0 fully saturated rings. The fourth-order valence-electron chi connectivity index (χ4n) is 2.58. The molecular formula is C21H24N2O5. The van der Waals surface area contributed by atoms with E-state index in [1.54, 1.807) is 24.3 Å². The molecule has 0 bridgehead atoms. The molecule has 2 rings (SSSR count). The minimum Gasteiger partial charge on any atom is -0.495 e. The maximum Gasteiger partial charge on any atom is 0.306 e. The molecule has 2 aromatic carbocycles. The van der Waals surface area contributed by atoms with E-state index in [-0.39, 0.29) is 18.7 Å². The number of hydrogen-bond acceptors (Lipinski definition) is 5. The molecule has 0 heterocycles. The Kier molecular flexibility index (Phi) is 7.56. The third kappa shape index (κ3) is 6.12. The summed E-state index contributed by atoms with van der Waals surface area (Å²) in [7, 11) is 1.49. The van der Waals surface area contributed by atoms with E-state index in [9.17, 15) is 14.4 Å². The molecule has 2 aromatic rings. The Hall–Kier alpha value is -3.35. The highest BCUT2D eigenvalue weighted by Gasteiger charge is 2.13. The minimum atomic E-state index is -0.619. The maximum atomic E-state index is 12.1. The highest BCUT2D eigenvalue weighted by atomic mass is 16.5. The van der Waals surface area contributed by atoms with E-state index in [1.165, 1.54) is 7.11 Å². The second kappa shape index (κ2) is 10.1. The van der Waals surface area contributed by atoms with Crippen LogP contribution in [0.2, 0.25) is 0 Å². The van der Waals surface area contributed by atoms with Gasteiger partial charge in [0.05, 0.1) is 19.2 Å². The van der Waals surface area contributed by atoms with Gasteiger partial charge in [-0.2, -0.15) is 0 Å². The molecule has 0 spiro atoms. The van der Waals surface area contributed by atoms with E-state index in [0.29, 0.717) is 11.4 Å². The van der Waals surface area contributed by atoms with E-state index in [4.69, 9.17) is 9.47 Å². The highest BCUT2D eigenvalue weighted by molar-refractivity contribution is 5.95. The lowest BCUT2D eigenvalue weighted by molar-refractivity contribution is -0.147. The van der Waals surface area contributed by atoms with Gasteiger partial charge in [0.25, 0.3) is 5.91 Å². The van der Waals surface area contributed by atoms with Gasteiger partial charge in [-0.1, -0.05) is 30.3 Å². The highest BCUT2D eigenvalue weighted by Crippen LogP contribution is 2.23. The monoisotopic (exact) mass is 384 g/mol. The number of para-hydroxylation sites is 3. The van der Waals surface area contributed by atoms with Crippen molar-refractivity contribution >= 4 is 29.2 Å². The van der Waals surface area contributed by atoms with Gasteiger partial charge in [0.1, 0.15) is 5.75 Å². The third-order valence-corrected chi connectivity index (χ3v) is 4.05. The van der Waals surface area contributed by atoms with Gasteiger partial charge in [-0.3, -0.25) is 14.4 Å². The predicted molar refractivity (Wildman–Crippen MR) is 106 cm³/mol. The third-order valence-electron chi connectivity index (χ3n) is 4.05. The number of methoxy groups -OCH3 is 1. The summed E-state index contributed by atoms with van der Waals surface area (Å²) < 4.78 is 10.1. The summed E-state index contributed by atoms with van der Waals surface area (Å²) in [5.41, 5.74) is 3.13. The number of ether oxygens (including phenoxy) is 2. The smallest absolute Gasteiger partial charge is 0.306 e. The van der Waals surface area contributed by atoms with Crippen LogP contribution < -0.4 is 15.4 Å². The van der Waals surface area contributed by atoms with Crippen LogP contribution in [-0.4, -0.2) is 31.5 Å². The zero-order valence-corrected chi connectivity index (χ0v) is 16.2. The molecule has 0 atom stereocenters. The van der Waals surface area contributed by atoms with Crippen LogP contribution in [0.5, 0.6) is 5.75 Å². The van der Waals surface area contributed by atoms with Crippen LogP contribution in [0.25, 0.3) is 0 Å². The van der Waals surface area contributed by atoms with Crippen molar-refractivity contribution in [3.63, 3.8) is 0 Å². The van der Waals surface area contributed by atoms with Crippen molar-refractivity contribution in [1.29, 1.82) is 0 Å². The van der Waals surface area contributed by atoms with E-state index in [1.807, 2.05) is 32.0 Å². The van der Waals surface area contributed by atoms with Crippen molar-refractivity contribution in [3.05, 3.63) is 53.6 Å². The molecule has 0 saturated heterocycles. The quantitative estimate of drug-likeness (QED) is 0.682. The average Bonchev–Trinajstić information content (AvgIpc) is 2.68. The summed E-state index contributed by atoms with van der Waals surface area (Å²) in [5.74, 6) is -0.886. The van der Waals surface area contributed by atoms with Gasteiger partial charge < -0.3 is 20.1 Å². The molecule has 2 N–H and O–H groups in total. The zero-order valence-electron chi connectivity index (χ0n) is 16.2. The molecule has 7 heteroatoms. The summed E-state index contributed by atoms with van der Waals surface area (Å²) in [6.45, 7) is 3.36. The summed E-state index contributed by atoms with van der Waals surface area (Å²) in [5, 5.41) is 5.41. The Morgan fingerprint density at radius 1 is 0.857 bits per heavy atom. The second-order valence-electron chi connectivity index (χ2n) is 6.22. The van der Waals surface area contributed by atoms with Crippen molar-refractivity contribution in [1.82, 2.24) is 0 Å². The van der Waals surface area contributed by atoms with Gasteiger partial charge in [0, 0.05) is 12.1 Å². The number of amides is 2. The van der Waals surface area contributed by atoms with Crippen LogP contribution in [0.3, 0.4) is 0 Å². The normalized spacial score (nSPS) is 10.1. The Morgan fingerprint density at radius 3 is 2.21 bits per heavy atom. The molecule has 148 valence electrons. The molecule has 0 aliphatic carbocycles. The minimum absolute atomic E-state index is 0.0270. The number of anilines is 2. The topological polar surface area (TPSA) is 93.7 Å². The number of nitrogens with one attached hydrogen (secondary N) is 2. The van der Waals surface area contributed by atoms with Crippen LogP contribution in [0, 0.1) is 13.8 Å². The standard InChI is InChI=1S/C21H24N2O5/c1-14-7-6-8-15(2)21(14)23-18(24)11-12-20(26)28-13-19(25)22-16-9-4-5-10-17(16)27-3/h4-10H,11-13H2,1-3H3,(H,22,25)(H,23,24). The Labute approximate surface area is 164 Å². The van der Waals surface area contributed by atoms with Crippen LogP contribution in [-0.2, 0) is 19.1 Å². The molecule has 28 heavy (non-hydrogen) atoms. The van der Waals surface area contributed by atoms with Gasteiger partial charge in [-0.15, -0.1) is 0 Å². The van der Waals surface area contributed by atoms with Crippen molar-refractivity contribution < 1.29 is 23.9 Å². The fraction of sp³-hybridized carbons (Fsp3) is 0.286. The first-order valence-corrected chi connectivity index (χ1v) is 8.85. The number of benzene rings is 2. The molecule has 7 nitrogen and oxygen atoms in total. The van der Waals surface area contributed by atoms with Crippen LogP contribution >= 0.6 is 0 Å². The lowest BCUT2D eigenvalue weighted by atomic mass is 10.1. The second-order valence-corrected chi connectivity index (χ2v) is 6.22. The van der Waals surface area contributed by atoms with E-state index >= 15 is 0 Å². The fourth-order valence-corrected chi connectivity index (χ4v) is 2.58. The first-order valence-electron chi connectivity index (χ1n) is 8.85. The number of aryl methyl sites for hydroxylation is 2. The molecule has 0 radical (unpaired) electrons. The number of hydrogen-bond donors (Lipinski definition) is 2. The number of esters is 1. The first kappa shape index (κ1) is 21.0. The first-order chi connectivity index (χ1) is 13.4. The Bertz CT molecular complexity index is 843. The Morgan fingerprint density at radius 2 is 1.54 bits per heavy atom. The van der Waals surface area contributed by atoms with E-state index in [2.05, 4.69) is 10.6 Å². The van der Waals surface area contributed by atoms with Crippen LogP contribution in [0.4, 0.5) is 11.4 Å². The molecule has 0 aromatic heterocycles. The van der Waals surface area contributed by atoms with E-state index < -0.39 is 18.5 Å². The number of carbonyl (C=O) groups excluding carboxylic acids is 3. The van der Waals surface area contributed by atoms with Crippen molar-refractivity contribution in [2.45, 2.75) is 26.7 Å². The summed E-state index contributed by atoms with van der Waals surface area (Å²) in [4.78, 5) is 35.8. The molecule has 0 unspecified atom stereocenters. The van der Waals surface area contributed by atoms with E-state index in [0.717, 1.165) is 16.8 Å². The molecule has 0 aliphatic heterocycles. The maximum absolute atomic E-state index is 12.1.